The van der Waals surface area contributed by atoms with Crippen LogP contribution in [0.15, 0.2) is 10.6 Å². The maximum absolute atomic E-state index is 11.2. The second-order valence-corrected chi connectivity index (χ2v) is 3.72. The fraction of sp³-hybridized carbons (Fsp3) is 0.636. The van der Waals surface area contributed by atoms with Crippen molar-refractivity contribution in [2.24, 2.45) is 0 Å². The van der Waals surface area contributed by atoms with E-state index < -0.39 is 0 Å². The van der Waals surface area contributed by atoms with Crippen molar-refractivity contribution in [1.82, 2.24) is 10.1 Å². The molecule has 90 valence electrons. The van der Waals surface area contributed by atoms with Crippen molar-refractivity contribution in [3.8, 4) is 0 Å². The van der Waals surface area contributed by atoms with Gasteiger partial charge in [0.2, 0.25) is 0 Å². The van der Waals surface area contributed by atoms with E-state index in [1.165, 1.54) is 7.11 Å². The molecule has 0 saturated heterocycles. The van der Waals surface area contributed by atoms with Crippen LogP contribution in [0.3, 0.4) is 0 Å². The Kier molecular flexibility index (Phi) is 4.98. The summed E-state index contributed by atoms with van der Waals surface area (Å²) in [5.41, 5.74) is 0.851. The topological polar surface area (TPSA) is 55.6 Å². The van der Waals surface area contributed by atoms with Gasteiger partial charge in [-0.15, -0.1) is 0 Å². The Morgan fingerprint density at radius 3 is 2.88 bits per heavy atom. The highest BCUT2D eigenvalue weighted by Crippen LogP contribution is 2.07. The molecule has 1 aromatic heterocycles. The van der Waals surface area contributed by atoms with Crippen molar-refractivity contribution in [3.63, 3.8) is 0 Å². The molecule has 1 heterocycles. The number of hydrogen-bond donors (Lipinski definition) is 0. The molecule has 16 heavy (non-hydrogen) atoms. The first-order valence-electron chi connectivity index (χ1n) is 5.37. The molecule has 0 fully saturated rings. The second kappa shape index (κ2) is 6.27. The van der Waals surface area contributed by atoms with Gasteiger partial charge in [0.05, 0.1) is 25.9 Å². The molecule has 5 nitrogen and oxygen atoms in total. The van der Waals surface area contributed by atoms with Crippen molar-refractivity contribution < 1.29 is 14.1 Å². The van der Waals surface area contributed by atoms with Gasteiger partial charge in [0.25, 0.3) is 0 Å². The zero-order chi connectivity index (χ0) is 12.0. The lowest BCUT2D eigenvalue weighted by atomic mass is 10.3. The molecule has 0 spiro atoms. The number of nitrogens with zero attached hydrogens (tertiary/aromatic N) is 2. The fourth-order valence-electron chi connectivity index (χ4n) is 1.49. The molecular formula is C11H18N2O3. The summed E-state index contributed by atoms with van der Waals surface area (Å²) >= 11 is 0. The van der Waals surface area contributed by atoms with Crippen LogP contribution < -0.4 is 0 Å². The molecule has 0 unspecified atom stereocenters. The summed E-state index contributed by atoms with van der Waals surface area (Å²) in [6.45, 7) is 5.64. The van der Waals surface area contributed by atoms with Crippen LogP contribution in [0.25, 0.3) is 0 Å². The number of rotatable bonds is 6. The predicted molar refractivity (Wildman–Crippen MR) is 58.8 cm³/mol. The van der Waals surface area contributed by atoms with Gasteiger partial charge in [-0.1, -0.05) is 12.1 Å². The van der Waals surface area contributed by atoms with Crippen LogP contribution in [-0.2, 0) is 16.1 Å². The largest absolute Gasteiger partial charge is 0.468 e. The monoisotopic (exact) mass is 226 g/mol. The van der Waals surface area contributed by atoms with Crippen LogP contribution in [0.2, 0.25) is 0 Å². The summed E-state index contributed by atoms with van der Waals surface area (Å²) in [7, 11) is 1.39. The van der Waals surface area contributed by atoms with Crippen molar-refractivity contribution in [2.75, 3.05) is 20.2 Å². The molecule has 0 aliphatic heterocycles. The standard InChI is InChI=1S/C11H18N2O3/c1-4-5-13(8-11(14)15-3)7-10-6-9(2)12-16-10/h6H,4-5,7-8H2,1-3H3. The highest BCUT2D eigenvalue weighted by molar-refractivity contribution is 5.71. The van der Waals surface area contributed by atoms with Gasteiger partial charge >= 0.3 is 5.97 Å². The molecule has 5 heteroatoms. The molecule has 0 bridgehead atoms. The van der Waals surface area contributed by atoms with E-state index in [9.17, 15) is 4.79 Å². The smallest absolute Gasteiger partial charge is 0.319 e. The van der Waals surface area contributed by atoms with Crippen molar-refractivity contribution in [1.29, 1.82) is 0 Å². The summed E-state index contributed by atoms with van der Waals surface area (Å²) < 4.78 is 9.76. The molecule has 0 N–H and O–H groups in total. The molecule has 1 aromatic rings. The third-order valence-corrected chi connectivity index (χ3v) is 2.18. The van der Waals surface area contributed by atoms with E-state index in [1.54, 1.807) is 0 Å². The summed E-state index contributed by atoms with van der Waals surface area (Å²) in [5, 5.41) is 3.81. The normalized spacial score (nSPS) is 10.8. The van der Waals surface area contributed by atoms with Crippen LogP contribution in [0.1, 0.15) is 24.8 Å². The lowest BCUT2D eigenvalue weighted by Gasteiger charge is -2.18. The molecular weight excluding hydrogens is 208 g/mol. The van der Waals surface area contributed by atoms with Gasteiger partial charge in [-0.05, 0) is 19.9 Å². The van der Waals surface area contributed by atoms with Crippen LogP contribution in [0.5, 0.6) is 0 Å². The Hall–Kier alpha value is -1.36. The van der Waals surface area contributed by atoms with Gasteiger partial charge in [-0.25, -0.2) is 0 Å². The highest BCUT2D eigenvalue weighted by atomic mass is 16.5. The minimum Gasteiger partial charge on any atom is -0.468 e. The number of ether oxygens (including phenoxy) is 1. The van der Waals surface area contributed by atoms with Crippen LogP contribution in [-0.4, -0.2) is 36.2 Å². The van der Waals surface area contributed by atoms with Crippen molar-refractivity contribution in [2.45, 2.75) is 26.8 Å². The zero-order valence-corrected chi connectivity index (χ0v) is 10.0. The number of carbonyl (C=O) groups excluding carboxylic acids is 1. The third-order valence-electron chi connectivity index (χ3n) is 2.18. The molecule has 0 aromatic carbocycles. The number of aryl methyl sites for hydroxylation is 1. The molecule has 0 saturated carbocycles. The van der Waals surface area contributed by atoms with Gasteiger partial charge in [0, 0.05) is 6.07 Å². The van der Waals surface area contributed by atoms with Gasteiger partial charge < -0.3 is 9.26 Å². The Morgan fingerprint density at radius 1 is 1.62 bits per heavy atom. The van der Waals surface area contributed by atoms with E-state index in [-0.39, 0.29) is 12.5 Å². The van der Waals surface area contributed by atoms with Gasteiger partial charge in [-0.3, -0.25) is 9.69 Å². The van der Waals surface area contributed by atoms with E-state index in [0.29, 0.717) is 6.54 Å². The average molecular weight is 226 g/mol. The lowest BCUT2D eigenvalue weighted by Crippen LogP contribution is -2.30. The number of carbonyl (C=O) groups is 1. The minimum atomic E-state index is -0.232. The van der Waals surface area contributed by atoms with Gasteiger partial charge in [0.1, 0.15) is 0 Å². The molecule has 0 aliphatic rings. The first-order valence-corrected chi connectivity index (χ1v) is 5.37. The number of aromatic nitrogens is 1. The Labute approximate surface area is 95.4 Å². The highest BCUT2D eigenvalue weighted by Gasteiger charge is 2.12. The van der Waals surface area contributed by atoms with E-state index in [1.807, 2.05) is 17.9 Å². The summed E-state index contributed by atoms with van der Waals surface area (Å²) in [4.78, 5) is 13.2. The van der Waals surface area contributed by atoms with Crippen LogP contribution >= 0.6 is 0 Å². The second-order valence-electron chi connectivity index (χ2n) is 3.72. The molecule has 0 aliphatic carbocycles. The third kappa shape index (κ3) is 4.02. The minimum absolute atomic E-state index is 0.232. The SMILES string of the molecule is CCCN(CC(=O)OC)Cc1cc(C)no1. The number of methoxy groups -OCH3 is 1. The van der Waals surface area contributed by atoms with E-state index >= 15 is 0 Å². The zero-order valence-electron chi connectivity index (χ0n) is 10.0. The first-order chi connectivity index (χ1) is 7.65. The summed E-state index contributed by atoms with van der Waals surface area (Å²) in [6.07, 6.45) is 0.976. The van der Waals surface area contributed by atoms with Crippen molar-refractivity contribution in [3.05, 3.63) is 17.5 Å². The maximum atomic E-state index is 11.2. The Morgan fingerprint density at radius 2 is 2.38 bits per heavy atom. The Balaban J connectivity index is 2.53. The molecule has 0 radical (unpaired) electrons. The lowest BCUT2D eigenvalue weighted by molar-refractivity contribution is -0.142. The molecule has 1 rings (SSSR count). The predicted octanol–water partition coefficient (Wildman–Crippen LogP) is 1.37. The van der Waals surface area contributed by atoms with Gasteiger partial charge in [-0.2, -0.15) is 0 Å². The maximum Gasteiger partial charge on any atom is 0.319 e. The molecule has 0 amide bonds. The summed E-state index contributed by atoms with van der Waals surface area (Å²) in [6, 6.07) is 1.87. The van der Waals surface area contributed by atoms with E-state index in [2.05, 4.69) is 16.8 Å². The quantitative estimate of drug-likeness (QED) is 0.686. The average Bonchev–Trinajstić information content (AvgIpc) is 2.64. The first kappa shape index (κ1) is 12.7. The summed E-state index contributed by atoms with van der Waals surface area (Å²) in [5.74, 6) is 0.541. The van der Waals surface area contributed by atoms with E-state index in [4.69, 9.17) is 4.52 Å². The van der Waals surface area contributed by atoms with Crippen LogP contribution in [0.4, 0.5) is 0 Å². The number of hydrogen-bond acceptors (Lipinski definition) is 5. The fourth-order valence-corrected chi connectivity index (χ4v) is 1.49. The van der Waals surface area contributed by atoms with Crippen LogP contribution in [0, 0.1) is 6.92 Å². The number of esters is 1. The Bertz CT molecular complexity index is 336. The van der Waals surface area contributed by atoms with Gasteiger partial charge in [0.15, 0.2) is 5.76 Å². The van der Waals surface area contributed by atoms with E-state index in [0.717, 1.165) is 24.4 Å². The van der Waals surface area contributed by atoms with Crippen molar-refractivity contribution >= 4 is 5.97 Å². The molecule has 0 atom stereocenters.